The minimum Gasteiger partial charge on any atom is -0.374 e. The minimum atomic E-state index is 0. The summed E-state index contributed by atoms with van der Waals surface area (Å²) in [6, 6.07) is 0.582. The van der Waals surface area contributed by atoms with Crippen LogP contribution in [-0.4, -0.2) is 38.4 Å². The number of ether oxygens (including phenoxy) is 1. The smallest absolute Gasteiger partial charge is 0.0865 e. The molecule has 2 aliphatic heterocycles. The van der Waals surface area contributed by atoms with Gasteiger partial charge in [-0.1, -0.05) is 0 Å². The zero-order valence-electron chi connectivity index (χ0n) is 6.21. The summed E-state index contributed by atoms with van der Waals surface area (Å²) in [5, 5.41) is 6.67. The lowest BCUT2D eigenvalue weighted by Crippen LogP contribution is -2.47. The highest BCUT2D eigenvalue weighted by atomic mass is 79.9. The zero-order chi connectivity index (χ0) is 6.10. The van der Waals surface area contributed by atoms with E-state index in [9.17, 15) is 0 Å². The van der Waals surface area contributed by atoms with E-state index in [0.29, 0.717) is 12.1 Å². The van der Waals surface area contributed by atoms with Crippen molar-refractivity contribution in [3.63, 3.8) is 0 Å². The van der Waals surface area contributed by atoms with Crippen LogP contribution in [0.25, 0.3) is 0 Å². The molecule has 2 atom stereocenters. The lowest BCUT2D eigenvalue weighted by Gasteiger charge is -2.25. The van der Waals surface area contributed by atoms with Gasteiger partial charge in [0.15, 0.2) is 0 Å². The van der Waals surface area contributed by atoms with E-state index in [4.69, 9.17) is 4.74 Å². The van der Waals surface area contributed by atoms with Crippen LogP contribution in [0.15, 0.2) is 0 Å². The van der Waals surface area contributed by atoms with Crippen molar-refractivity contribution in [3.8, 4) is 0 Å². The van der Waals surface area contributed by atoms with Crippen molar-refractivity contribution in [2.45, 2.75) is 12.1 Å². The molecule has 0 spiro atoms. The Morgan fingerprint density at radius 3 is 2.73 bits per heavy atom. The average Bonchev–Trinajstić information content (AvgIpc) is 2.33. The van der Waals surface area contributed by atoms with Crippen LogP contribution < -0.4 is 10.6 Å². The number of nitrogens with one attached hydrogen (secondary N) is 2. The molecule has 2 fully saturated rings. The Balaban J connectivity index is 0.000000500. The SMILES string of the molecule is Br.Br.C1CO[C@H]2CNC[C@@H]2N1. The summed E-state index contributed by atoms with van der Waals surface area (Å²) >= 11 is 0. The van der Waals surface area contributed by atoms with Gasteiger partial charge in [-0.2, -0.15) is 0 Å². The molecule has 0 aromatic rings. The van der Waals surface area contributed by atoms with Gasteiger partial charge in [0.1, 0.15) is 0 Å². The van der Waals surface area contributed by atoms with Crippen LogP contribution in [0.1, 0.15) is 0 Å². The minimum absolute atomic E-state index is 0. The number of rotatable bonds is 0. The maximum absolute atomic E-state index is 5.48. The molecule has 3 nitrogen and oxygen atoms in total. The van der Waals surface area contributed by atoms with Crippen LogP contribution in [0, 0.1) is 0 Å². The van der Waals surface area contributed by atoms with Gasteiger partial charge in [0.2, 0.25) is 0 Å². The standard InChI is InChI=1S/C6H12N2O.2BrH/c1-2-9-6-4-7-3-5(6)8-1;;/h5-8H,1-4H2;2*1H/t5-,6-;;/m0../s1. The summed E-state index contributed by atoms with van der Waals surface area (Å²) in [7, 11) is 0. The Bertz CT molecular complexity index is 103. The molecule has 2 rings (SSSR count). The molecule has 0 saturated carbocycles. The Labute approximate surface area is 87.8 Å². The second-order valence-corrected chi connectivity index (χ2v) is 2.63. The van der Waals surface area contributed by atoms with Crippen molar-refractivity contribution in [2.24, 2.45) is 0 Å². The first kappa shape index (κ1) is 11.8. The quantitative estimate of drug-likeness (QED) is 0.664. The number of halogens is 2. The van der Waals surface area contributed by atoms with Crippen molar-refractivity contribution < 1.29 is 4.74 Å². The van der Waals surface area contributed by atoms with E-state index < -0.39 is 0 Å². The fourth-order valence-corrected chi connectivity index (χ4v) is 1.49. The molecule has 68 valence electrons. The number of morpholine rings is 1. The van der Waals surface area contributed by atoms with Gasteiger partial charge in [0, 0.05) is 25.7 Å². The van der Waals surface area contributed by atoms with E-state index in [2.05, 4.69) is 10.6 Å². The molecule has 0 aliphatic carbocycles. The molecule has 2 heterocycles. The largest absolute Gasteiger partial charge is 0.374 e. The van der Waals surface area contributed by atoms with Crippen molar-refractivity contribution in [3.05, 3.63) is 0 Å². The van der Waals surface area contributed by atoms with Crippen LogP contribution in [0.4, 0.5) is 0 Å². The van der Waals surface area contributed by atoms with E-state index >= 15 is 0 Å². The third-order valence-electron chi connectivity index (χ3n) is 2.00. The number of hydrogen-bond acceptors (Lipinski definition) is 3. The van der Waals surface area contributed by atoms with Gasteiger partial charge in [0.25, 0.3) is 0 Å². The number of fused-ring (bicyclic) bond motifs is 1. The summed E-state index contributed by atoms with van der Waals surface area (Å²) in [5.74, 6) is 0. The molecule has 0 bridgehead atoms. The summed E-state index contributed by atoms with van der Waals surface area (Å²) in [4.78, 5) is 0. The summed E-state index contributed by atoms with van der Waals surface area (Å²) in [6.07, 6.45) is 0.443. The van der Waals surface area contributed by atoms with Crippen LogP contribution in [0.5, 0.6) is 0 Å². The van der Waals surface area contributed by atoms with E-state index in [-0.39, 0.29) is 34.0 Å². The van der Waals surface area contributed by atoms with Gasteiger partial charge < -0.3 is 15.4 Å². The molecule has 0 radical (unpaired) electrons. The van der Waals surface area contributed by atoms with E-state index in [0.717, 1.165) is 26.2 Å². The third kappa shape index (κ3) is 2.66. The Morgan fingerprint density at radius 2 is 2.00 bits per heavy atom. The second kappa shape index (κ2) is 5.48. The molecular weight excluding hydrogens is 276 g/mol. The van der Waals surface area contributed by atoms with Gasteiger partial charge >= 0.3 is 0 Å². The summed E-state index contributed by atoms with van der Waals surface area (Å²) < 4.78 is 5.48. The Kier molecular flexibility index (Phi) is 5.90. The van der Waals surface area contributed by atoms with Gasteiger partial charge in [-0.3, -0.25) is 0 Å². The fourth-order valence-electron chi connectivity index (χ4n) is 1.49. The predicted octanol–water partition coefficient (Wildman–Crippen LogP) is 0.102. The molecule has 11 heavy (non-hydrogen) atoms. The molecule has 0 aromatic heterocycles. The summed E-state index contributed by atoms with van der Waals surface area (Å²) in [5.41, 5.74) is 0. The van der Waals surface area contributed by atoms with Gasteiger partial charge in [-0.25, -0.2) is 0 Å². The molecule has 0 unspecified atom stereocenters. The van der Waals surface area contributed by atoms with Crippen molar-refractivity contribution in [1.82, 2.24) is 10.6 Å². The summed E-state index contributed by atoms with van der Waals surface area (Å²) in [6.45, 7) is 3.99. The average molecular weight is 290 g/mol. The van der Waals surface area contributed by atoms with Crippen molar-refractivity contribution >= 4 is 34.0 Å². The first-order chi connectivity index (χ1) is 4.47. The van der Waals surface area contributed by atoms with E-state index in [1.54, 1.807) is 0 Å². The third-order valence-corrected chi connectivity index (χ3v) is 2.00. The van der Waals surface area contributed by atoms with Gasteiger partial charge in [0.05, 0.1) is 12.7 Å². The monoisotopic (exact) mass is 288 g/mol. The molecule has 0 aromatic carbocycles. The molecule has 2 N–H and O–H groups in total. The molecular formula is C6H14Br2N2O. The van der Waals surface area contributed by atoms with Crippen molar-refractivity contribution in [2.75, 3.05) is 26.2 Å². The molecule has 0 amide bonds. The fraction of sp³-hybridized carbons (Fsp3) is 1.00. The number of hydrogen-bond donors (Lipinski definition) is 2. The topological polar surface area (TPSA) is 33.3 Å². The first-order valence-corrected chi connectivity index (χ1v) is 3.52. The zero-order valence-corrected chi connectivity index (χ0v) is 9.63. The van der Waals surface area contributed by atoms with Gasteiger partial charge in [-0.05, 0) is 0 Å². The maximum Gasteiger partial charge on any atom is 0.0865 e. The lowest BCUT2D eigenvalue weighted by molar-refractivity contribution is 0.0207. The van der Waals surface area contributed by atoms with Crippen molar-refractivity contribution in [1.29, 1.82) is 0 Å². The van der Waals surface area contributed by atoms with Gasteiger partial charge in [-0.15, -0.1) is 34.0 Å². The van der Waals surface area contributed by atoms with E-state index in [1.165, 1.54) is 0 Å². The van der Waals surface area contributed by atoms with E-state index in [1.807, 2.05) is 0 Å². The van der Waals surface area contributed by atoms with Crippen LogP contribution in [0.2, 0.25) is 0 Å². The maximum atomic E-state index is 5.48. The Hall–Kier alpha value is 0.840. The lowest BCUT2D eigenvalue weighted by atomic mass is 10.2. The molecule has 5 heteroatoms. The second-order valence-electron chi connectivity index (χ2n) is 2.63. The van der Waals surface area contributed by atoms with Crippen LogP contribution in [-0.2, 0) is 4.74 Å². The Morgan fingerprint density at radius 1 is 1.18 bits per heavy atom. The normalized spacial score (nSPS) is 34.9. The molecule has 2 saturated heterocycles. The molecule has 2 aliphatic rings. The van der Waals surface area contributed by atoms with Crippen LogP contribution >= 0.6 is 34.0 Å². The first-order valence-electron chi connectivity index (χ1n) is 3.52. The highest BCUT2D eigenvalue weighted by Crippen LogP contribution is 2.07. The predicted molar refractivity (Wildman–Crippen MR) is 55.0 cm³/mol. The van der Waals surface area contributed by atoms with Crippen LogP contribution in [0.3, 0.4) is 0 Å². The highest BCUT2D eigenvalue weighted by molar-refractivity contribution is 8.93. The highest BCUT2D eigenvalue weighted by Gasteiger charge is 2.29.